The van der Waals surface area contributed by atoms with Crippen LogP contribution in [0.25, 0.3) is 0 Å². The van der Waals surface area contributed by atoms with Crippen LogP contribution in [0.3, 0.4) is 0 Å². The van der Waals surface area contributed by atoms with Gasteiger partial charge in [0.2, 0.25) is 5.78 Å². The Morgan fingerprint density at radius 3 is 2.43 bits per heavy atom. The summed E-state index contributed by atoms with van der Waals surface area (Å²) in [6, 6.07) is 18.1. The van der Waals surface area contributed by atoms with E-state index in [1.54, 1.807) is 24.3 Å². The minimum Gasteiger partial charge on any atom is -0.489 e. The molecule has 0 atom stereocenters. The van der Waals surface area contributed by atoms with Crippen LogP contribution >= 0.6 is 0 Å². The van der Waals surface area contributed by atoms with E-state index in [-0.39, 0.29) is 11.5 Å². The third-order valence-corrected chi connectivity index (χ3v) is 3.28. The van der Waals surface area contributed by atoms with Gasteiger partial charge >= 0.3 is 5.69 Å². The van der Waals surface area contributed by atoms with Crippen molar-refractivity contribution in [2.24, 2.45) is 0 Å². The topological polar surface area (TPSA) is 72.0 Å². The number of nitrogens with one attached hydrogen (secondary N) is 1. The van der Waals surface area contributed by atoms with Crippen molar-refractivity contribution < 1.29 is 9.53 Å². The normalized spacial score (nSPS) is 10.3. The first-order valence-corrected chi connectivity index (χ1v) is 7.09. The van der Waals surface area contributed by atoms with Crippen molar-refractivity contribution in [3.63, 3.8) is 0 Å². The maximum absolute atomic E-state index is 12.3. The molecule has 0 bridgehead atoms. The molecule has 0 aliphatic rings. The van der Waals surface area contributed by atoms with E-state index in [0.29, 0.717) is 17.9 Å². The quantitative estimate of drug-likeness (QED) is 0.735. The fourth-order valence-electron chi connectivity index (χ4n) is 2.10. The number of carbonyl (C=O) groups excluding carboxylic acids is 1. The Morgan fingerprint density at radius 2 is 1.74 bits per heavy atom. The fraction of sp³-hybridized carbons (Fsp3) is 0.0556. The highest BCUT2D eigenvalue weighted by Gasteiger charge is 2.10. The Hall–Kier alpha value is -3.21. The molecule has 2 aromatic carbocycles. The summed E-state index contributed by atoms with van der Waals surface area (Å²) in [5, 5.41) is 0. The number of hydrogen-bond donors (Lipinski definition) is 1. The fourth-order valence-corrected chi connectivity index (χ4v) is 2.10. The minimum absolute atomic E-state index is 0.211. The smallest absolute Gasteiger partial charge is 0.345 e. The van der Waals surface area contributed by atoms with Crippen molar-refractivity contribution in [3.8, 4) is 5.75 Å². The zero-order valence-electron chi connectivity index (χ0n) is 12.2. The molecule has 0 unspecified atom stereocenters. The molecule has 0 fully saturated rings. The summed E-state index contributed by atoms with van der Waals surface area (Å²) in [5.74, 6) is 0.410. The summed E-state index contributed by atoms with van der Waals surface area (Å²) in [6.45, 7) is 0.464. The summed E-state index contributed by atoms with van der Waals surface area (Å²) in [7, 11) is 0. The van der Waals surface area contributed by atoms with Crippen LogP contribution in [0.15, 0.2) is 71.7 Å². The van der Waals surface area contributed by atoms with Gasteiger partial charge in [0.1, 0.15) is 12.4 Å². The molecule has 0 spiro atoms. The molecule has 1 aromatic heterocycles. The summed E-state index contributed by atoms with van der Waals surface area (Å²) < 4.78 is 5.67. The first-order valence-electron chi connectivity index (χ1n) is 7.09. The van der Waals surface area contributed by atoms with Gasteiger partial charge in [-0.2, -0.15) is 0 Å². The molecule has 5 nitrogen and oxygen atoms in total. The lowest BCUT2D eigenvalue weighted by molar-refractivity contribution is 0.103. The highest BCUT2D eigenvalue weighted by molar-refractivity contribution is 6.07. The number of aromatic amines is 1. The maximum atomic E-state index is 12.3. The number of nitrogens with zero attached hydrogens (tertiary/aromatic N) is 1. The van der Waals surface area contributed by atoms with E-state index in [4.69, 9.17) is 4.74 Å². The Balaban J connectivity index is 1.69. The third-order valence-electron chi connectivity index (χ3n) is 3.28. The predicted molar refractivity (Wildman–Crippen MR) is 85.5 cm³/mol. The summed E-state index contributed by atoms with van der Waals surface area (Å²) in [4.78, 5) is 29.3. The number of H-pyrrole nitrogens is 1. The average molecular weight is 306 g/mol. The molecule has 0 saturated heterocycles. The molecule has 1 heterocycles. The van der Waals surface area contributed by atoms with Gasteiger partial charge in [0, 0.05) is 11.8 Å². The van der Waals surface area contributed by atoms with Gasteiger partial charge in [-0.05, 0) is 35.9 Å². The Labute approximate surface area is 132 Å². The van der Waals surface area contributed by atoms with Crippen LogP contribution in [0.4, 0.5) is 0 Å². The van der Waals surface area contributed by atoms with E-state index >= 15 is 0 Å². The van der Waals surface area contributed by atoms with Crippen LogP contribution < -0.4 is 10.4 Å². The van der Waals surface area contributed by atoms with Crippen LogP contribution in [0, 0.1) is 0 Å². The van der Waals surface area contributed by atoms with Gasteiger partial charge in [-0.25, -0.2) is 9.78 Å². The summed E-state index contributed by atoms with van der Waals surface area (Å²) >= 11 is 0. The zero-order chi connectivity index (χ0) is 16.1. The zero-order valence-corrected chi connectivity index (χ0v) is 12.2. The molecule has 3 aromatic rings. The van der Waals surface area contributed by atoms with Crippen LogP contribution in [0.2, 0.25) is 0 Å². The van der Waals surface area contributed by atoms with Gasteiger partial charge in [0.25, 0.3) is 0 Å². The number of ether oxygens (including phenoxy) is 1. The average Bonchev–Trinajstić information content (AvgIpc) is 2.61. The number of carbonyl (C=O) groups is 1. The maximum Gasteiger partial charge on any atom is 0.345 e. The van der Waals surface area contributed by atoms with Crippen LogP contribution in [-0.2, 0) is 6.61 Å². The van der Waals surface area contributed by atoms with Gasteiger partial charge in [-0.1, -0.05) is 30.3 Å². The van der Waals surface area contributed by atoms with Crippen molar-refractivity contribution >= 4 is 5.78 Å². The Bertz CT molecular complexity index is 855. The summed E-state index contributed by atoms with van der Waals surface area (Å²) in [6.07, 6.45) is 1.31. The largest absolute Gasteiger partial charge is 0.489 e. The molecular weight excluding hydrogens is 292 g/mol. The standard InChI is InChI=1S/C18H14N2O3/c21-17(16-10-11-19-18(22)20-16)14-6-8-15(9-7-14)23-12-13-4-2-1-3-5-13/h1-11H,12H2,(H,19,20,22). The van der Waals surface area contributed by atoms with Crippen molar-refractivity contribution in [1.82, 2.24) is 9.97 Å². The van der Waals surface area contributed by atoms with Crippen molar-refractivity contribution in [1.29, 1.82) is 0 Å². The Kier molecular flexibility index (Phi) is 4.29. The van der Waals surface area contributed by atoms with E-state index in [1.165, 1.54) is 12.3 Å². The second-order valence-electron chi connectivity index (χ2n) is 4.92. The van der Waals surface area contributed by atoms with E-state index in [1.807, 2.05) is 30.3 Å². The first-order chi connectivity index (χ1) is 11.2. The van der Waals surface area contributed by atoms with E-state index in [2.05, 4.69) is 9.97 Å². The van der Waals surface area contributed by atoms with Gasteiger partial charge in [0.15, 0.2) is 0 Å². The van der Waals surface area contributed by atoms with Gasteiger partial charge in [-0.15, -0.1) is 0 Å². The third kappa shape index (κ3) is 3.71. The van der Waals surface area contributed by atoms with Crippen molar-refractivity contribution in [3.05, 3.63) is 94.2 Å². The van der Waals surface area contributed by atoms with Crippen LogP contribution in [0.5, 0.6) is 5.75 Å². The van der Waals surface area contributed by atoms with Crippen molar-refractivity contribution in [2.75, 3.05) is 0 Å². The molecule has 0 aliphatic heterocycles. The number of hydrogen-bond acceptors (Lipinski definition) is 4. The number of benzene rings is 2. The SMILES string of the molecule is O=C(c1ccc(OCc2ccccc2)cc1)c1ccnc(=O)[nH]1. The first kappa shape index (κ1) is 14.7. The molecule has 0 amide bonds. The van der Waals surface area contributed by atoms with Gasteiger partial charge < -0.3 is 9.72 Å². The lowest BCUT2D eigenvalue weighted by Crippen LogP contribution is -2.15. The lowest BCUT2D eigenvalue weighted by atomic mass is 10.1. The second-order valence-corrected chi connectivity index (χ2v) is 4.92. The molecule has 5 heteroatoms. The van der Waals surface area contributed by atoms with Gasteiger partial charge in [-0.3, -0.25) is 4.79 Å². The van der Waals surface area contributed by atoms with Crippen LogP contribution in [-0.4, -0.2) is 15.8 Å². The monoisotopic (exact) mass is 306 g/mol. The summed E-state index contributed by atoms with van der Waals surface area (Å²) in [5.41, 5.74) is 1.21. The molecule has 3 rings (SSSR count). The van der Waals surface area contributed by atoms with E-state index in [0.717, 1.165) is 5.56 Å². The number of ketones is 1. The minimum atomic E-state index is -0.543. The van der Waals surface area contributed by atoms with E-state index in [9.17, 15) is 9.59 Å². The molecule has 114 valence electrons. The Morgan fingerprint density at radius 1 is 1.00 bits per heavy atom. The molecule has 23 heavy (non-hydrogen) atoms. The van der Waals surface area contributed by atoms with E-state index < -0.39 is 5.69 Å². The predicted octanol–water partition coefficient (Wildman–Crippen LogP) is 2.58. The van der Waals surface area contributed by atoms with Gasteiger partial charge in [0.05, 0.1) is 5.69 Å². The lowest BCUT2D eigenvalue weighted by Gasteiger charge is -2.07. The number of aromatic nitrogens is 2. The highest BCUT2D eigenvalue weighted by atomic mass is 16.5. The molecular formula is C18H14N2O3. The highest BCUT2D eigenvalue weighted by Crippen LogP contribution is 2.16. The molecule has 1 N–H and O–H groups in total. The molecule has 0 saturated carbocycles. The van der Waals surface area contributed by atoms with Crippen LogP contribution in [0.1, 0.15) is 21.6 Å². The second kappa shape index (κ2) is 6.70. The van der Waals surface area contributed by atoms with Crippen molar-refractivity contribution in [2.45, 2.75) is 6.61 Å². The molecule has 0 radical (unpaired) electrons. The number of rotatable bonds is 5. The molecule has 0 aliphatic carbocycles.